The maximum atomic E-state index is 13.6. The number of carbonyl (C=O) groups is 1. The molecular formula is C18H16ClFN4O3. The second kappa shape index (κ2) is 7.71. The quantitative estimate of drug-likeness (QED) is 0.488. The molecule has 3 aromatic rings. The molecule has 0 aliphatic rings. The first kappa shape index (κ1) is 18.8. The molecule has 0 saturated heterocycles. The van der Waals surface area contributed by atoms with Crippen LogP contribution in [-0.4, -0.2) is 25.9 Å². The third-order valence-corrected chi connectivity index (χ3v) is 4.27. The monoisotopic (exact) mass is 390 g/mol. The highest BCUT2D eigenvalue weighted by atomic mass is 35.5. The fraction of sp³-hybridized carbons (Fsp3) is 0.222. The second-order valence-electron chi connectivity index (χ2n) is 5.83. The Bertz CT molecular complexity index is 1030. The van der Waals surface area contributed by atoms with Crippen molar-refractivity contribution >= 4 is 23.6 Å². The van der Waals surface area contributed by atoms with Crippen LogP contribution in [0.5, 0.6) is 0 Å². The molecule has 0 fully saturated rings. The van der Waals surface area contributed by atoms with Crippen molar-refractivity contribution in [1.29, 1.82) is 0 Å². The van der Waals surface area contributed by atoms with E-state index in [9.17, 15) is 9.18 Å². The Labute approximate surface area is 159 Å². The summed E-state index contributed by atoms with van der Waals surface area (Å²) in [5.41, 5.74) is 2.32. The summed E-state index contributed by atoms with van der Waals surface area (Å²) < 4.78 is 25.2. The first-order valence-electron chi connectivity index (χ1n) is 7.98. The fourth-order valence-electron chi connectivity index (χ4n) is 2.33. The Morgan fingerprint density at radius 1 is 1.41 bits per heavy atom. The summed E-state index contributed by atoms with van der Waals surface area (Å²) in [5.74, 6) is -0.646. The van der Waals surface area contributed by atoms with E-state index < -0.39 is 5.97 Å². The summed E-state index contributed by atoms with van der Waals surface area (Å²) in [6.45, 7) is 3.24. The van der Waals surface area contributed by atoms with Crippen molar-refractivity contribution in [3.05, 3.63) is 58.0 Å². The van der Waals surface area contributed by atoms with Gasteiger partial charge in [-0.1, -0.05) is 28.9 Å². The van der Waals surface area contributed by atoms with E-state index >= 15 is 0 Å². The normalized spacial score (nSPS) is 11.3. The highest BCUT2D eigenvalue weighted by Crippen LogP contribution is 2.21. The number of aryl methyl sites for hydroxylation is 3. The maximum absolute atomic E-state index is 13.6. The zero-order chi connectivity index (χ0) is 19.6. The van der Waals surface area contributed by atoms with Gasteiger partial charge in [0.1, 0.15) is 11.0 Å². The van der Waals surface area contributed by atoms with Gasteiger partial charge in [0.15, 0.2) is 6.61 Å². The van der Waals surface area contributed by atoms with Crippen LogP contribution in [0.25, 0.3) is 17.5 Å². The highest BCUT2D eigenvalue weighted by Gasteiger charge is 2.12. The standard InChI is InChI=1S/C18H16ClFN4O3/c1-10-4-5-12(8-14(10)20)18-21-15(27-23-18)9-26-16(25)7-6-13-11(2)22-24(3)17(13)19/h4-8H,9H2,1-3H3/b7-6+. The molecule has 0 unspecified atom stereocenters. The van der Waals surface area contributed by atoms with E-state index in [0.29, 0.717) is 27.5 Å². The average Bonchev–Trinajstić information content (AvgIpc) is 3.19. The van der Waals surface area contributed by atoms with E-state index in [1.54, 1.807) is 33.0 Å². The molecule has 3 rings (SSSR count). The molecule has 0 atom stereocenters. The van der Waals surface area contributed by atoms with Gasteiger partial charge in [-0.05, 0) is 31.6 Å². The van der Waals surface area contributed by atoms with Crippen molar-refractivity contribution in [2.45, 2.75) is 20.5 Å². The van der Waals surface area contributed by atoms with Gasteiger partial charge in [0.25, 0.3) is 5.89 Å². The lowest BCUT2D eigenvalue weighted by atomic mass is 10.1. The van der Waals surface area contributed by atoms with Gasteiger partial charge in [-0.15, -0.1) is 0 Å². The van der Waals surface area contributed by atoms with Crippen LogP contribution in [0.3, 0.4) is 0 Å². The molecule has 0 amide bonds. The SMILES string of the molecule is Cc1ccc(-c2noc(COC(=O)/C=C/c3c(C)nn(C)c3Cl)n2)cc1F. The predicted octanol–water partition coefficient (Wildman–Crippen LogP) is 3.64. The van der Waals surface area contributed by atoms with Crippen molar-refractivity contribution in [3.8, 4) is 11.4 Å². The van der Waals surface area contributed by atoms with Crippen LogP contribution in [0.4, 0.5) is 4.39 Å². The molecule has 0 spiro atoms. The largest absolute Gasteiger partial charge is 0.452 e. The molecule has 2 aromatic heterocycles. The smallest absolute Gasteiger partial charge is 0.331 e. The lowest BCUT2D eigenvalue weighted by Crippen LogP contribution is -2.01. The molecular weight excluding hydrogens is 375 g/mol. The van der Waals surface area contributed by atoms with Crippen LogP contribution >= 0.6 is 11.6 Å². The molecule has 0 radical (unpaired) electrons. The Kier molecular flexibility index (Phi) is 5.36. The molecule has 0 aliphatic heterocycles. The number of esters is 1. The average molecular weight is 391 g/mol. The summed E-state index contributed by atoms with van der Waals surface area (Å²) in [5, 5.41) is 8.33. The van der Waals surface area contributed by atoms with E-state index in [1.165, 1.54) is 22.9 Å². The van der Waals surface area contributed by atoms with Crippen molar-refractivity contribution in [3.63, 3.8) is 0 Å². The number of benzene rings is 1. The molecule has 9 heteroatoms. The van der Waals surface area contributed by atoms with Crippen molar-refractivity contribution < 1.29 is 18.4 Å². The summed E-state index contributed by atoms with van der Waals surface area (Å²) in [6.07, 6.45) is 2.77. The van der Waals surface area contributed by atoms with Crippen LogP contribution in [0, 0.1) is 19.7 Å². The zero-order valence-corrected chi connectivity index (χ0v) is 15.6. The molecule has 0 aliphatic carbocycles. The fourth-order valence-corrected chi connectivity index (χ4v) is 2.57. The van der Waals surface area contributed by atoms with Gasteiger partial charge in [-0.3, -0.25) is 4.68 Å². The number of carbonyl (C=O) groups excluding carboxylic acids is 1. The third-order valence-electron chi connectivity index (χ3n) is 3.82. The molecule has 2 heterocycles. The van der Waals surface area contributed by atoms with Crippen LogP contribution in [0.1, 0.15) is 22.7 Å². The number of halogens is 2. The van der Waals surface area contributed by atoms with Crippen LogP contribution < -0.4 is 0 Å². The number of rotatable bonds is 5. The maximum Gasteiger partial charge on any atom is 0.331 e. The highest BCUT2D eigenvalue weighted by molar-refractivity contribution is 6.31. The first-order valence-corrected chi connectivity index (χ1v) is 8.36. The Balaban J connectivity index is 1.62. The van der Waals surface area contributed by atoms with Gasteiger partial charge >= 0.3 is 5.97 Å². The van der Waals surface area contributed by atoms with Crippen molar-refractivity contribution in [1.82, 2.24) is 19.9 Å². The lowest BCUT2D eigenvalue weighted by molar-refractivity contribution is -0.139. The summed E-state index contributed by atoms with van der Waals surface area (Å²) in [4.78, 5) is 16.0. The van der Waals surface area contributed by atoms with Gasteiger partial charge in [0.05, 0.1) is 5.69 Å². The minimum atomic E-state index is -0.601. The zero-order valence-electron chi connectivity index (χ0n) is 14.9. The minimum absolute atomic E-state index is 0.100. The number of nitrogens with zero attached hydrogens (tertiary/aromatic N) is 4. The molecule has 0 N–H and O–H groups in total. The van der Waals surface area contributed by atoms with E-state index in [-0.39, 0.29) is 24.1 Å². The molecule has 140 valence electrons. The number of hydrogen-bond donors (Lipinski definition) is 0. The Morgan fingerprint density at radius 2 is 2.19 bits per heavy atom. The van der Waals surface area contributed by atoms with Gasteiger partial charge in [-0.25, -0.2) is 9.18 Å². The van der Waals surface area contributed by atoms with E-state index in [2.05, 4.69) is 15.2 Å². The van der Waals surface area contributed by atoms with Gasteiger partial charge in [0.2, 0.25) is 5.82 Å². The molecule has 0 saturated carbocycles. The Morgan fingerprint density at radius 3 is 2.85 bits per heavy atom. The number of ether oxygens (including phenoxy) is 1. The van der Waals surface area contributed by atoms with Crippen molar-refractivity contribution in [2.24, 2.45) is 7.05 Å². The topological polar surface area (TPSA) is 83.0 Å². The van der Waals surface area contributed by atoms with Gasteiger partial charge in [0, 0.05) is 24.3 Å². The lowest BCUT2D eigenvalue weighted by Gasteiger charge is -1.98. The minimum Gasteiger partial charge on any atom is -0.452 e. The summed E-state index contributed by atoms with van der Waals surface area (Å²) in [7, 11) is 1.71. The molecule has 7 nitrogen and oxygen atoms in total. The summed E-state index contributed by atoms with van der Waals surface area (Å²) in [6, 6.07) is 4.62. The van der Waals surface area contributed by atoms with Crippen molar-refractivity contribution in [2.75, 3.05) is 0 Å². The second-order valence-corrected chi connectivity index (χ2v) is 6.19. The molecule has 27 heavy (non-hydrogen) atoms. The number of hydrogen-bond acceptors (Lipinski definition) is 6. The Hall–Kier alpha value is -3.00. The first-order chi connectivity index (χ1) is 12.8. The number of aromatic nitrogens is 4. The van der Waals surface area contributed by atoms with Gasteiger partial charge in [-0.2, -0.15) is 10.1 Å². The van der Waals surface area contributed by atoms with E-state index in [4.69, 9.17) is 20.9 Å². The molecule has 1 aromatic carbocycles. The van der Waals surface area contributed by atoms with Gasteiger partial charge < -0.3 is 9.26 Å². The van der Waals surface area contributed by atoms with E-state index in [1.807, 2.05) is 0 Å². The van der Waals surface area contributed by atoms with Crippen LogP contribution in [0.2, 0.25) is 5.15 Å². The molecule has 0 bridgehead atoms. The predicted molar refractivity (Wildman–Crippen MR) is 96.2 cm³/mol. The third kappa shape index (κ3) is 4.22. The van der Waals surface area contributed by atoms with E-state index in [0.717, 1.165) is 0 Å². The van der Waals surface area contributed by atoms with Crippen LogP contribution in [0.15, 0.2) is 28.8 Å². The van der Waals surface area contributed by atoms with Crippen LogP contribution in [-0.2, 0) is 23.2 Å². The summed E-state index contributed by atoms with van der Waals surface area (Å²) >= 11 is 6.09.